The van der Waals surface area contributed by atoms with Gasteiger partial charge in [0.1, 0.15) is 0 Å². The number of aryl methyl sites for hydroxylation is 2. The Morgan fingerprint density at radius 3 is 2.68 bits per heavy atom. The number of rotatable bonds is 6. The second kappa shape index (κ2) is 7.69. The molecule has 3 heterocycles. The molecule has 0 aliphatic carbocycles. The highest BCUT2D eigenvalue weighted by atomic mass is 32.2. The quantitative estimate of drug-likeness (QED) is 0.355. The van der Waals surface area contributed by atoms with Crippen LogP contribution in [0.3, 0.4) is 0 Å². The number of nitrogens with zero attached hydrogens (tertiary/aromatic N) is 6. The van der Waals surface area contributed by atoms with Gasteiger partial charge < -0.3 is 0 Å². The zero-order valence-corrected chi connectivity index (χ0v) is 17.3. The maximum Gasteiger partial charge on any atom is 0.214 e. The maximum atomic E-state index is 12.9. The first-order valence-corrected chi connectivity index (χ1v) is 10.5. The van der Waals surface area contributed by atoms with Crippen molar-refractivity contribution in [2.45, 2.75) is 25.9 Å². The molecule has 142 valence electrons. The van der Waals surface area contributed by atoms with Crippen LogP contribution in [0.25, 0.3) is 10.8 Å². The predicted octanol–water partition coefficient (Wildman–Crippen LogP) is 3.81. The number of carbonyl (C=O) groups excluding carboxylic acids is 1. The summed E-state index contributed by atoms with van der Waals surface area (Å²) in [6.45, 7) is 5.96. The van der Waals surface area contributed by atoms with Crippen LogP contribution in [0.4, 0.5) is 0 Å². The number of benzene rings is 1. The van der Waals surface area contributed by atoms with Crippen LogP contribution in [0.15, 0.2) is 47.1 Å². The minimum Gasteiger partial charge on any atom is -0.294 e. The fraction of sp³-hybridized carbons (Fsp3) is 0.211. The molecule has 3 aromatic heterocycles. The second-order valence-electron chi connectivity index (χ2n) is 6.36. The van der Waals surface area contributed by atoms with Crippen molar-refractivity contribution in [2.75, 3.05) is 5.75 Å². The molecule has 4 aromatic rings. The molecule has 0 bridgehead atoms. The van der Waals surface area contributed by atoms with E-state index in [0.29, 0.717) is 10.7 Å². The van der Waals surface area contributed by atoms with E-state index >= 15 is 0 Å². The Morgan fingerprint density at radius 1 is 1.18 bits per heavy atom. The first-order valence-electron chi connectivity index (χ1n) is 8.65. The summed E-state index contributed by atoms with van der Waals surface area (Å²) >= 11 is 2.88. The standard InChI is InChI=1S/C19H18N6OS2/c1-12-4-6-15(7-5-12)25-19(21-22-23-25)28-11-17(26)16-10-13(2)24(14(16)3)18-20-8-9-27-18/h4-10H,11H2,1-3H3. The lowest BCUT2D eigenvalue weighted by atomic mass is 10.2. The smallest absolute Gasteiger partial charge is 0.214 e. The number of Topliss-reactive ketones (excluding diaryl/α,β-unsaturated/α-hetero) is 1. The average molecular weight is 411 g/mol. The third kappa shape index (κ3) is 3.50. The Hall–Kier alpha value is -2.78. The Morgan fingerprint density at radius 2 is 1.96 bits per heavy atom. The minimum absolute atomic E-state index is 0.0411. The average Bonchev–Trinajstić information content (AvgIpc) is 3.41. The number of hydrogen-bond donors (Lipinski definition) is 0. The Labute approximate surface area is 170 Å². The van der Waals surface area contributed by atoms with Crippen molar-refractivity contribution >= 4 is 28.9 Å². The van der Waals surface area contributed by atoms with Crippen LogP contribution in [0, 0.1) is 20.8 Å². The number of aromatic nitrogens is 6. The van der Waals surface area contributed by atoms with E-state index in [9.17, 15) is 4.79 Å². The van der Waals surface area contributed by atoms with Crippen molar-refractivity contribution in [1.29, 1.82) is 0 Å². The summed E-state index contributed by atoms with van der Waals surface area (Å²) in [6.07, 6.45) is 1.77. The lowest BCUT2D eigenvalue weighted by Gasteiger charge is -2.06. The van der Waals surface area contributed by atoms with E-state index in [4.69, 9.17) is 0 Å². The Bertz CT molecular complexity index is 1110. The van der Waals surface area contributed by atoms with Crippen molar-refractivity contribution in [3.05, 3.63) is 64.4 Å². The number of carbonyl (C=O) groups is 1. The number of ketones is 1. The van der Waals surface area contributed by atoms with E-state index in [1.807, 2.05) is 61.1 Å². The highest BCUT2D eigenvalue weighted by Crippen LogP contribution is 2.25. The molecule has 0 saturated heterocycles. The third-order valence-corrected chi connectivity index (χ3v) is 6.07. The lowest BCUT2D eigenvalue weighted by Crippen LogP contribution is -2.07. The highest BCUT2D eigenvalue weighted by Gasteiger charge is 2.19. The lowest BCUT2D eigenvalue weighted by molar-refractivity contribution is 0.102. The molecule has 0 spiro atoms. The van der Waals surface area contributed by atoms with Crippen LogP contribution in [-0.2, 0) is 0 Å². The Balaban J connectivity index is 1.53. The van der Waals surface area contributed by atoms with Gasteiger partial charge in [0.2, 0.25) is 5.16 Å². The number of hydrogen-bond acceptors (Lipinski definition) is 7. The molecule has 0 amide bonds. The highest BCUT2D eigenvalue weighted by molar-refractivity contribution is 7.99. The van der Waals surface area contributed by atoms with Crippen molar-refractivity contribution in [1.82, 2.24) is 29.8 Å². The maximum absolute atomic E-state index is 12.9. The Kier molecular flexibility index (Phi) is 5.10. The fourth-order valence-corrected chi connectivity index (χ4v) is 4.52. The summed E-state index contributed by atoms with van der Waals surface area (Å²) in [5.74, 6) is 0.299. The zero-order valence-electron chi connectivity index (χ0n) is 15.7. The van der Waals surface area contributed by atoms with Crippen LogP contribution in [0.1, 0.15) is 27.3 Å². The molecule has 1 aromatic carbocycles. The van der Waals surface area contributed by atoms with Crippen LogP contribution in [-0.4, -0.2) is 41.3 Å². The van der Waals surface area contributed by atoms with Gasteiger partial charge in [-0.05, 0) is 49.4 Å². The number of tetrazole rings is 1. The van der Waals surface area contributed by atoms with Gasteiger partial charge >= 0.3 is 0 Å². The molecule has 9 heteroatoms. The fourth-order valence-electron chi connectivity index (χ4n) is 2.99. The summed E-state index contributed by atoms with van der Waals surface area (Å²) in [4.78, 5) is 17.2. The van der Waals surface area contributed by atoms with Gasteiger partial charge in [-0.3, -0.25) is 9.36 Å². The van der Waals surface area contributed by atoms with Crippen molar-refractivity contribution < 1.29 is 4.79 Å². The normalized spacial score (nSPS) is 11.1. The zero-order chi connectivity index (χ0) is 19.7. The molecule has 0 atom stereocenters. The van der Waals surface area contributed by atoms with Crippen molar-refractivity contribution in [3.63, 3.8) is 0 Å². The predicted molar refractivity (Wildman–Crippen MR) is 110 cm³/mol. The third-order valence-electron chi connectivity index (χ3n) is 4.39. The molecule has 7 nitrogen and oxygen atoms in total. The van der Waals surface area contributed by atoms with Crippen LogP contribution in [0.2, 0.25) is 0 Å². The van der Waals surface area contributed by atoms with Crippen LogP contribution < -0.4 is 0 Å². The SMILES string of the molecule is Cc1ccc(-n2nnnc2SCC(=O)c2cc(C)n(-c3nccs3)c2C)cc1. The molecule has 0 unspecified atom stereocenters. The van der Waals surface area contributed by atoms with E-state index in [1.54, 1.807) is 22.2 Å². The summed E-state index contributed by atoms with van der Waals surface area (Å²) in [6, 6.07) is 9.84. The van der Waals surface area contributed by atoms with E-state index in [0.717, 1.165) is 27.8 Å². The second-order valence-corrected chi connectivity index (χ2v) is 8.17. The van der Waals surface area contributed by atoms with E-state index in [2.05, 4.69) is 20.5 Å². The molecule has 0 radical (unpaired) electrons. The monoisotopic (exact) mass is 410 g/mol. The van der Waals surface area contributed by atoms with E-state index < -0.39 is 0 Å². The molecule has 0 N–H and O–H groups in total. The van der Waals surface area contributed by atoms with Gasteiger partial charge in [-0.1, -0.05) is 29.5 Å². The number of thiazole rings is 1. The van der Waals surface area contributed by atoms with Gasteiger partial charge in [0.25, 0.3) is 0 Å². The molecular weight excluding hydrogens is 392 g/mol. The summed E-state index contributed by atoms with van der Waals surface area (Å²) in [5, 5.41) is 15.3. The minimum atomic E-state index is 0.0411. The topological polar surface area (TPSA) is 78.5 Å². The van der Waals surface area contributed by atoms with Crippen molar-refractivity contribution in [3.8, 4) is 10.8 Å². The van der Waals surface area contributed by atoms with Gasteiger partial charge in [0.15, 0.2) is 10.9 Å². The number of thioether (sulfide) groups is 1. The van der Waals surface area contributed by atoms with E-state index in [1.165, 1.54) is 11.8 Å². The van der Waals surface area contributed by atoms with Gasteiger partial charge in [-0.25, -0.2) is 4.98 Å². The summed E-state index contributed by atoms with van der Waals surface area (Å²) in [5.41, 5.74) is 4.63. The summed E-state index contributed by atoms with van der Waals surface area (Å²) in [7, 11) is 0. The van der Waals surface area contributed by atoms with Crippen molar-refractivity contribution in [2.24, 2.45) is 0 Å². The first kappa shape index (κ1) is 18.6. The summed E-state index contributed by atoms with van der Waals surface area (Å²) < 4.78 is 3.66. The molecule has 4 rings (SSSR count). The van der Waals surface area contributed by atoms with Crippen LogP contribution in [0.5, 0.6) is 0 Å². The van der Waals surface area contributed by atoms with Gasteiger partial charge in [0, 0.05) is 28.5 Å². The molecular formula is C19H18N6OS2. The van der Waals surface area contributed by atoms with Crippen LogP contribution >= 0.6 is 23.1 Å². The molecule has 0 fully saturated rings. The van der Waals surface area contributed by atoms with Gasteiger partial charge in [-0.15, -0.1) is 16.4 Å². The molecule has 0 aliphatic heterocycles. The largest absolute Gasteiger partial charge is 0.294 e. The molecule has 0 aliphatic rings. The van der Waals surface area contributed by atoms with Gasteiger partial charge in [-0.2, -0.15) is 4.68 Å². The first-order chi connectivity index (χ1) is 13.5. The molecule has 28 heavy (non-hydrogen) atoms. The molecule has 0 saturated carbocycles. The van der Waals surface area contributed by atoms with Gasteiger partial charge in [0.05, 0.1) is 11.4 Å². The van der Waals surface area contributed by atoms with E-state index in [-0.39, 0.29) is 11.5 Å².